The number of benzene rings is 2. The fourth-order valence-electron chi connectivity index (χ4n) is 2.59. The summed E-state index contributed by atoms with van der Waals surface area (Å²) in [5.74, 6) is 1.07. The van der Waals surface area contributed by atoms with E-state index in [0.717, 1.165) is 5.56 Å². The Labute approximate surface area is 157 Å². The fraction of sp³-hybridized carbons (Fsp3) is 0.278. The molecule has 8 nitrogen and oxygen atoms in total. The monoisotopic (exact) mass is 392 g/mol. The maximum Gasteiger partial charge on any atom is 0.251 e. The van der Waals surface area contributed by atoms with Gasteiger partial charge in [0.15, 0.2) is 11.5 Å². The molecule has 1 aliphatic rings. The second-order valence-electron chi connectivity index (χ2n) is 5.74. The molecule has 27 heavy (non-hydrogen) atoms. The summed E-state index contributed by atoms with van der Waals surface area (Å²) in [6, 6.07) is 9.46. The largest absolute Gasteiger partial charge is 0.493 e. The Bertz CT molecular complexity index is 924. The van der Waals surface area contributed by atoms with Crippen molar-refractivity contribution in [3.8, 4) is 17.2 Å². The molecule has 0 saturated heterocycles. The summed E-state index contributed by atoms with van der Waals surface area (Å²) < 4.78 is 42.0. The SMILES string of the molecule is CNS(=O)(=O)c1ccc(CNC(=O)c2cc(OC)c3c(c2)OCCO3)cc1. The Balaban J connectivity index is 1.71. The molecule has 0 atom stereocenters. The number of carbonyl (C=O) groups excluding carboxylic acids is 1. The van der Waals surface area contributed by atoms with Crippen molar-refractivity contribution >= 4 is 15.9 Å². The topological polar surface area (TPSA) is 103 Å². The predicted octanol–water partition coefficient (Wildman–Crippen LogP) is 1.30. The molecule has 0 radical (unpaired) electrons. The van der Waals surface area contributed by atoms with Crippen molar-refractivity contribution in [3.63, 3.8) is 0 Å². The van der Waals surface area contributed by atoms with E-state index in [4.69, 9.17) is 14.2 Å². The molecule has 0 unspecified atom stereocenters. The van der Waals surface area contributed by atoms with Gasteiger partial charge in [0.2, 0.25) is 15.8 Å². The van der Waals surface area contributed by atoms with Crippen LogP contribution >= 0.6 is 0 Å². The summed E-state index contributed by atoms with van der Waals surface area (Å²) in [5, 5.41) is 2.79. The summed E-state index contributed by atoms with van der Waals surface area (Å²) in [6.45, 7) is 1.08. The van der Waals surface area contributed by atoms with Crippen LogP contribution in [0.2, 0.25) is 0 Å². The van der Waals surface area contributed by atoms with Crippen molar-refractivity contribution in [2.24, 2.45) is 0 Å². The van der Waals surface area contributed by atoms with Crippen LogP contribution < -0.4 is 24.2 Å². The highest BCUT2D eigenvalue weighted by Gasteiger charge is 2.21. The van der Waals surface area contributed by atoms with Crippen LogP contribution in [0, 0.1) is 0 Å². The Morgan fingerprint density at radius 3 is 2.52 bits per heavy atom. The first-order valence-corrected chi connectivity index (χ1v) is 9.71. The second kappa shape index (κ2) is 7.85. The van der Waals surface area contributed by atoms with Crippen LogP contribution in [0.25, 0.3) is 0 Å². The van der Waals surface area contributed by atoms with Crippen LogP contribution in [0.5, 0.6) is 17.2 Å². The number of fused-ring (bicyclic) bond motifs is 1. The summed E-state index contributed by atoms with van der Waals surface area (Å²) in [6.07, 6.45) is 0. The van der Waals surface area contributed by atoms with Gasteiger partial charge < -0.3 is 19.5 Å². The molecule has 1 amide bonds. The molecular formula is C18H20N2O6S. The van der Waals surface area contributed by atoms with Crippen molar-refractivity contribution in [1.29, 1.82) is 0 Å². The number of ether oxygens (including phenoxy) is 3. The van der Waals surface area contributed by atoms with Gasteiger partial charge in [-0.15, -0.1) is 0 Å². The second-order valence-corrected chi connectivity index (χ2v) is 7.62. The third-order valence-electron chi connectivity index (χ3n) is 4.05. The van der Waals surface area contributed by atoms with E-state index >= 15 is 0 Å². The zero-order valence-electron chi connectivity index (χ0n) is 14.9. The van der Waals surface area contributed by atoms with Crippen LogP contribution in [0.15, 0.2) is 41.3 Å². The van der Waals surface area contributed by atoms with Crippen molar-refractivity contribution in [3.05, 3.63) is 47.5 Å². The van der Waals surface area contributed by atoms with Gasteiger partial charge in [0.1, 0.15) is 13.2 Å². The maximum absolute atomic E-state index is 12.5. The van der Waals surface area contributed by atoms with E-state index in [1.165, 1.54) is 26.3 Å². The zero-order chi connectivity index (χ0) is 19.4. The molecule has 1 aliphatic heterocycles. The lowest BCUT2D eigenvalue weighted by atomic mass is 10.1. The average Bonchev–Trinajstić information content (AvgIpc) is 2.71. The minimum absolute atomic E-state index is 0.164. The number of nitrogens with one attached hydrogen (secondary N) is 2. The minimum atomic E-state index is -3.48. The van der Waals surface area contributed by atoms with Gasteiger partial charge in [-0.3, -0.25) is 4.79 Å². The normalized spacial score (nSPS) is 13.1. The standard InChI is InChI=1S/C18H20N2O6S/c1-19-27(22,23)14-5-3-12(4-6-14)11-20-18(21)13-9-15(24-2)17-16(10-13)25-7-8-26-17/h3-6,9-10,19H,7-8,11H2,1-2H3,(H,20,21). The number of methoxy groups -OCH3 is 1. The molecule has 2 aromatic carbocycles. The number of carbonyl (C=O) groups is 1. The van der Waals surface area contributed by atoms with Crippen molar-refractivity contribution in [2.45, 2.75) is 11.4 Å². The first-order chi connectivity index (χ1) is 12.9. The van der Waals surface area contributed by atoms with Gasteiger partial charge in [0.25, 0.3) is 5.91 Å². The number of hydrogen-bond donors (Lipinski definition) is 2. The van der Waals surface area contributed by atoms with E-state index in [9.17, 15) is 13.2 Å². The lowest BCUT2D eigenvalue weighted by Gasteiger charge is -2.21. The lowest BCUT2D eigenvalue weighted by molar-refractivity contribution is 0.0949. The molecule has 3 rings (SSSR count). The van der Waals surface area contributed by atoms with Crippen LogP contribution in [-0.2, 0) is 16.6 Å². The highest BCUT2D eigenvalue weighted by Crippen LogP contribution is 2.40. The Hall–Kier alpha value is -2.78. The number of hydrogen-bond acceptors (Lipinski definition) is 6. The predicted molar refractivity (Wildman–Crippen MR) is 97.8 cm³/mol. The quantitative estimate of drug-likeness (QED) is 0.768. The third-order valence-corrected chi connectivity index (χ3v) is 5.48. The highest BCUT2D eigenvalue weighted by atomic mass is 32.2. The summed E-state index contributed by atoms with van der Waals surface area (Å²) >= 11 is 0. The molecule has 1 heterocycles. The Kier molecular flexibility index (Phi) is 5.52. The summed E-state index contributed by atoms with van der Waals surface area (Å²) in [4.78, 5) is 12.6. The van der Waals surface area contributed by atoms with Crippen molar-refractivity contribution < 1.29 is 27.4 Å². The third kappa shape index (κ3) is 4.15. The molecular weight excluding hydrogens is 372 g/mol. The van der Waals surface area contributed by atoms with E-state index in [1.807, 2.05) is 0 Å². The Morgan fingerprint density at radius 1 is 1.15 bits per heavy atom. The highest BCUT2D eigenvalue weighted by molar-refractivity contribution is 7.89. The van der Waals surface area contributed by atoms with Gasteiger partial charge in [0, 0.05) is 12.1 Å². The zero-order valence-corrected chi connectivity index (χ0v) is 15.8. The van der Waals surface area contributed by atoms with Gasteiger partial charge in [-0.1, -0.05) is 12.1 Å². The van der Waals surface area contributed by atoms with E-state index in [-0.39, 0.29) is 17.3 Å². The van der Waals surface area contributed by atoms with Crippen molar-refractivity contribution in [1.82, 2.24) is 10.0 Å². The summed E-state index contributed by atoms with van der Waals surface area (Å²) in [5.41, 5.74) is 1.15. The molecule has 0 spiro atoms. The molecule has 0 aliphatic carbocycles. The minimum Gasteiger partial charge on any atom is -0.493 e. The first-order valence-electron chi connectivity index (χ1n) is 8.23. The van der Waals surface area contributed by atoms with Gasteiger partial charge in [-0.05, 0) is 36.9 Å². The smallest absolute Gasteiger partial charge is 0.251 e. The number of sulfonamides is 1. The molecule has 9 heteroatoms. The van der Waals surface area contributed by atoms with Crippen LogP contribution in [0.1, 0.15) is 15.9 Å². The van der Waals surface area contributed by atoms with Gasteiger partial charge in [-0.2, -0.15) is 0 Å². The number of rotatable bonds is 6. The van der Waals surface area contributed by atoms with Crippen LogP contribution in [-0.4, -0.2) is 41.7 Å². The first kappa shape index (κ1) is 19.0. The molecule has 0 saturated carbocycles. The van der Waals surface area contributed by atoms with E-state index in [2.05, 4.69) is 10.0 Å². The molecule has 144 valence electrons. The molecule has 0 aromatic heterocycles. The van der Waals surface area contributed by atoms with Crippen LogP contribution in [0.4, 0.5) is 0 Å². The molecule has 2 aromatic rings. The molecule has 0 bridgehead atoms. The average molecular weight is 392 g/mol. The van der Waals surface area contributed by atoms with E-state index < -0.39 is 10.0 Å². The number of amides is 1. The van der Waals surface area contributed by atoms with Crippen molar-refractivity contribution in [2.75, 3.05) is 27.4 Å². The molecule has 0 fully saturated rings. The van der Waals surface area contributed by atoms with Gasteiger partial charge in [0.05, 0.1) is 12.0 Å². The van der Waals surface area contributed by atoms with E-state index in [1.54, 1.807) is 24.3 Å². The Morgan fingerprint density at radius 2 is 1.85 bits per heavy atom. The lowest BCUT2D eigenvalue weighted by Crippen LogP contribution is -2.24. The van der Waals surface area contributed by atoms with Crippen LogP contribution in [0.3, 0.4) is 0 Å². The fourth-order valence-corrected chi connectivity index (χ4v) is 3.32. The van der Waals surface area contributed by atoms with Gasteiger partial charge >= 0.3 is 0 Å². The molecule has 2 N–H and O–H groups in total. The summed E-state index contributed by atoms with van der Waals surface area (Å²) in [7, 11) is -0.634. The van der Waals surface area contributed by atoms with E-state index in [0.29, 0.717) is 36.0 Å². The van der Waals surface area contributed by atoms with Gasteiger partial charge in [-0.25, -0.2) is 13.1 Å². The maximum atomic E-state index is 12.5.